The molecule has 3 aromatic rings. The Morgan fingerprint density at radius 3 is 2.29 bits per heavy atom. The maximum absolute atomic E-state index is 13.2. The molecule has 4 rings (SSSR count). The predicted octanol–water partition coefficient (Wildman–Crippen LogP) is 3.83. The van der Waals surface area contributed by atoms with Crippen LogP contribution in [-0.4, -0.2) is 52.3 Å². The van der Waals surface area contributed by atoms with Gasteiger partial charge in [0, 0.05) is 31.7 Å². The molecule has 1 fully saturated rings. The summed E-state index contributed by atoms with van der Waals surface area (Å²) in [4.78, 5) is 16.1. The Morgan fingerprint density at radius 1 is 0.903 bits per heavy atom. The van der Waals surface area contributed by atoms with Crippen molar-refractivity contribution in [3.63, 3.8) is 0 Å². The first-order chi connectivity index (χ1) is 14.8. The van der Waals surface area contributed by atoms with E-state index in [-0.39, 0.29) is 24.4 Å². The second-order valence-electron chi connectivity index (χ2n) is 7.15. The van der Waals surface area contributed by atoms with E-state index >= 15 is 0 Å². The number of carbonyl (C=O) groups is 1. The highest BCUT2D eigenvalue weighted by atomic mass is 19.4. The molecule has 6 nitrogen and oxygen atoms in total. The van der Waals surface area contributed by atoms with Crippen molar-refractivity contribution in [2.45, 2.75) is 6.18 Å². The summed E-state index contributed by atoms with van der Waals surface area (Å²) in [7, 11) is 0. The zero-order valence-electron chi connectivity index (χ0n) is 16.4. The fraction of sp³-hybridized carbons (Fsp3) is 0.227. The molecular formula is C22H19F3N4O2. The molecule has 0 spiro atoms. The standard InChI is InChI=1S/C22H19F3N4O2/c23-22(24,25)18-7-2-1-6-17(18)21(31)29-12-10-28(11-13-29)20-9-8-19(26-27-20)15-4-3-5-16(30)14-15/h1-9,14,30H,10-13H2. The number of phenolic OH excluding ortho intramolecular Hbond substituents is 1. The SMILES string of the molecule is O=C(c1ccccc1C(F)(F)F)N1CCN(c2ccc(-c3cccc(O)c3)nn2)CC1. The molecule has 2 heterocycles. The van der Waals surface area contributed by atoms with E-state index in [4.69, 9.17) is 0 Å². The van der Waals surface area contributed by atoms with Crippen LogP contribution in [0.5, 0.6) is 5.75 Å². The molecule has 0 atom stereocenters. The number of rotatable bonds is 3. The van der Waals surface area contributed by atoms with Crippen molar-refractivity contribution in [2.24, 2.45) is 0 Å². The van der Waals surface area contributed by atoms with Crippen molar-refractivity contribution < 1.29 is 23.1 Å². The molecule has 1 amide bonds. The van der Waals surface area contributed by atoms with E-state index in [0.29, 0.717) is 24.6 Å². The summed E-state index contributed by atoms with van der Waals surface area (Å²) in [6.07, 6.45) is -4.58. The lowest BCUT2D eigenvalue weighted by Gasteiger charge is -2.35. The number of aromatic nitrogens is 2. The Bertz CT molecular complexity index is 1080. The van der Waals surface area contributed by atoms with Gasteiger partial charge in [-0.15, -0.1) is 10.2 Å². The second-order valence-corrected chi connectivity index (χ2v) is 7.15. The summed E-state index contributed by atoms with van der Waals surface area (Å²) in [5.41, 5.74) is 0.0876. The highest BCUT2D eigenvalue weighted by molar-refractivity contribution is 5.96. The summed E-state index contributed by atoms with van der Waals surface area (Å²) in [6, 6.07) is 15.1. The van der Waals surface area contributed by atoms with Gasteiger partial charge >= 0.3 is 6.18 Å². The van der Waals surface area contributed by atoms with E-state index in [9.17, 15) is 23.1 Å². The topological polar surface area (TPSA) is 69.6 Å². The maximum atomic E-state index is 13.2. The van der Waals surface area contributed by atoms with E-state index in [1.165, 1.54) is 23.1 Å². The molecule has 0 radical (unpaired) electrons. The van der Waals surface area contributed by atoms with Gasteiger partial charge in [-0.1, -0.05) is 24.3 Å². The van der Waals surface area contributed by atoms with Gasteiger partial charge in [0.1, 0.15) is 5.75 Å². The molecule has 0 bridgehead atoms. The summed E-state index contributed by atoms with van der Waals surface area (Å²) < 4.78 is 39.7. The molecule has 1 N–H and O–H groups in total. The van der Waals surface area contributed by atoms with E-state index in [1.54, 1.807) is 30.3 Å². The Balaban J connectivity index is 1.43. The summed E-state index contributed by atoms with van der Waals surface area (Å²) in [6.45, 7) is 1.42. The lowest BCUT2D eigenvalue weighted by atomic mass is 10.1. The minimum Gasteiger partial charge on any atom is -0.508 e. The van der Waals surface area contributed by atoms with Crippen molar-refractivity contribution >= 4 is 11.7 Å². The lowest BCUT2D eigenvalue weighted by Crippen LogP contribution is -2.49. The van der Waals surface area contributed by atoms with E-state index in [2.05, 4.69) is 10.2 Å². The minimum absolute atomic E-state index is 0.135. The fourth-order valence-corrected chi connectivity index (χ4v) is 3.54. The number of alkyl halides is 3. The minimum atomic E-state index is -4.58. The Labute approximate surface area is 176 Å². The molecule has 1 saturated heterocycles. The fourth-order valence-electron chi connectivity index (χ4n) is 3.54. The first kappa shape index (κ1) is 20.6. The summed E-state index contributed by atoms with van der Waals surface area (Å²) in [5.74, 6) is 0.126. The number of nitrogens with zero attached hydrogens (tertiary/aromatic N) is 4. The average Bonchev–Trinajstić information content (AvgIpc) is 2.78. The van der Waals surface area contributed by atoms with E-state index in [1.807, 2.05) is 11.0 Å². The molecule has 1 aliphatic rings. The summed E-state index contributed by atoms with van der Waals surface area (Å²) in [5, 5.41) is 18.0. The third kappa shape index (κ3) is 4.45. The molecular weight excluding hydrogens is 409 g/mol. The quantitative estimate of drug-likeness (QED) is 0.687. The van der Waals surface area contributed by atoms with Crippen molar-refractivity contribution in [3.05, 3.63) is 71.8 Å². The van der Waals surface area contributed by atoms with Gasteiger partial charge in [-0.2, -0.15) is 13.2 Å². The number of hydrogen-bond donors (Lipinski definition) is 1. The smallest absolute Gasteiger partial charge is 0.417 e. The van der Waals surface area contributed by atoms with Gasteiger partial charge in [0.2, 0.25) is 0 Å². The van der Waals surface area contributed by atoms with Crippen molar-refractivity contribution in [2.75, 3.05) is 31.1 Å². The zero-order chi connectivity index (χ0) is 22.0. The zero-order valence-corrected chi connectivity index (χ0v) is 16.4. The average molecular weight is 428 g/mol. The van der Waals surface area contributed by atoms with Crippen LogP contribution in [0.2, 0.25) is 0 Å². The maximum Gasteiger partial charge on any atom is 0.417 e. The molecule has 0 unspecified atom stereocenters. The van der Waals surface area contributed by atoms with Gasteiger partial charge in [0.05, 0.1) is 16.8 Å². The highest BCUT2D eigenvalue weighted by Gasteiger charge is 2.36. The number of phenols is 1. The molecule has 31 heavy (non-hydrogen) atoms. The van der Waals surface area contributed by atoms with Crippen LogP contribution in [0.3, 0.4) is 0 Å². The van der Waals surface area contributed by atoms with Gasteiger partial charge in [0.15, 0.2) is 5.82 Å². The highest BCUT2D eigenvalue weighted by Crippen LogP contribution is 2.32. The number of anilines is 1. The molecule has 0 aliphatic carbocycles. The van der Waals surface area contributed by atoms with Crippen LogP contribution in [0.4, 0.5) is 19.0 Å². The third-order valence-electron chi connectivity index (χ3n) is 5.15. The van der Waals surface area contributed by atoms with Crippen LogP contribution in [0.1, 0.15) is 15.9 Å². The van der Waals surface area contributed by atoms with Gasteiger partial charge in [-0.3, -0.25) is 4.79 Å². The van der Waals surface area contributed by atoms with Crippen molar-refractivity contribution in [1.29, 1.82) is 0 Å². The van der Waals surface area contributed by atoms with Crippen LogP contribution in [0, 0.1) is 0 Å². The van der Waals surface area contributed by atoms with Gasteiger partial charge in [0.25, 0.3) is 5.91 Å². The van der Waals surface area contributed by atoms with E-state index in [0.717, 1.165) is 11.6 Å². The van der Waals surface area contributed by atoms with Gasteiger partial charge in [-0.25, -0.2) is 0 Å². The van der Waals surface area contributed by atoms with Crippen molar-refractivity contribution in [3.8, 4) is 17.0 Å². The van der Waals surface area contributed by atoms with Gasteiger partial charge in [-0.05, 0) is 36.4 Å². The van der Waals surface area contributed by atoms with Crippen LogP contribution in [0.15, 0.2) is 60.7 Å². The Morgan fingerprint density at radius 2 is 1.65 bits per heavy atom. The number of carbonyl (C=O) groups excluding carboxylic acids is 1. The van der Waals surface area contributed by atoms with Gasteiger partial charge < -0.3 is 14.9 Å². The first-order valence-corrected chi connectivity index (χ1v) is 9.66. The molecule has 1 aromatic heterocycles. The number of hydrogen-bond acceptors (Lipinski definition) is 5. The van der Waals surface area contributed by atoms with Crippen molar-refractivity contribution in [1.82, 2.24) is 15.1 Å². The largest absolute Gasteiger partial charge is 0.508 e. The molecule has 160 valence electrons. The number of halogens is 3. The van der Waals surface area contributed by atoms with E-state index < -0.39 is 17.6 Å². The lowest BCUT2D eigenvalue weighted by molar-refractivity contribution is -0.138. The molecule has 9 heteroatoms. The number of benzene rings is 2. The third-order valence-corrected chi connectivity index (χ3v) is 5.15. The second kappa shape index (κ2) is 8.25. The number of aromatic hydroxyl groups is 1. The molecule has 1 aliphatic heterocycles. The molecule has 2 aromatic carbocycles. The Kier molecular flexibility index (Phi) is 5.50. The molecule has 0 saturated carbocycles. The monoisotopic (exact) mass is 428 g/mol. The predicted molar refractivity (Wildman–Crippen MR) is 109 cm³/mol. The van der Waals surface area contributed by atoms with Crippen LogP contribution in [-0.2, 0) is 6.18 Å². The normalized spacial score (nSPS) is 14.5. The number of amides is 1. The first-order valence-electron chi connectivity index (χ1n) is 9.66. The summed E-state index contributed by atoms with van der Waals surface area (Å²) >= 11 is 0. The van der Waals surface area contributed by atoms with Crippen LogP contribution in [0.25, 0.3) is 11.3 Å². The Hall–Kier alpha value is -3.62. The number of piperazine rings is 1. The van der Waals surface area contributed by atoms with Crippen LogP contribution < -0.4 is 4.90 Å². The van der Waals surface area contributed by atoms with Crippen LogP contribution >= 0.6 is 0 Å².